The van der Waals surface area contributed by atoms with Crippen molar-refractivity contribution in [3.63, 3.8) is 0 Å². The SMILES string of the molecule is CC1CN(c2ccc(CBr)cc2Br)CCO1. The predicted molar refractivity (Wildman–Crippen MR) is 74.4 cm³/mol. The Labute approximate surface area is 113 Å². The summed E-state index contributed by atoms with van der Waals surface area (Å²) in [6.07, 6.45) is 0.316. The van der Waals surface area contributed by atoms with E-state index in [4.69, 9.17) is 4.74 Å². The van der Waals surface area contributed by atoms with Crippen LogP contribution in [0.15, 0.2) is 22.7 Å². The number of anilines is 1. The maximum Gasteiger partial charge on any atom is 0.0722 e. The summed E-state index contributed by atoms with van der Waals surface area (Å²) < 4.78 is 6.72. The molecule has 4 heteroatoms. The summed E-state index contributed by atoms with van der Waals surface area (Å²) in [6.45, 7) is 4.86. The van der Waals surface area contributed by atoms with Crippen LogP contribution >= 0.6 is 31.9 Å². The number of morpholine rings is 1. The number of hydrogen-bond acceptors (Lipinski definition) is 2. The average Bonchev–Trinajstić information content (AvgIpc) is 2.28. The predicted octanol–water partition coefficient (Wildman–Crippen LogP) is 3.57. The first kappa shape index (κ1) is 12.4. The number of alkyl halides is 1. The highest BCUT2D eigenvalue weighted by Gasteiger charge is 2.18. The van der Waals surface area contributed by atoms with Crippen LogP contribution in [0.2, 0.25) is 0 Å². The lowest BCUT2D eigenvalue weighted by Gasteiger charge is -2.33. The van der Waals surface area contributed by atoms with Crippen LogP contribution in [0.5, 0.6) is 0 Å². The van der Waals surface area contributed by atoms with Crippen LogP contribution in [-0.2, 0) is 10.1 Å². The van der Waals surface area contributed by atoms with Crippen molar-refractivity contribution in [1.82, 2.24) is 0 Å². The third-order valence-corrected chi connectivity index (χ3v) is 4.03. The van der Waals surface area contributed by atoms with Crippen LogP contribution < -0.4 is 4.90 Å². The lowest BCUT2D eigenvalue weighted by molar-refractivity contribution is 0.0532. The van der Waals surface area contributed by atoms with E-state index in [2.05, 4.69) is 61.9 Å². The van der Waals surface area contributed by atoms with Crippen molar-refractivity contribution in [2.75, 3.05) is 24.6 Å². The third-order valence-electron chi connectivity index (χ3n) is 2.75. The molecule has 0 amide bonds. The van der Waals surface area contributed by atoms with Crippen molar-refractivity contribution >= 4 is 37.5 Å². The zero-order valence-corrected chi connectivity index (χ0v) is 12.4. The fourth-order valence-electron chi connectivity index (χ4n) is 1.93. The van der Waals surface area contributed by atoms with E-state index in [0.29, 0.717) is 6.10 Å². The summed E-state index contributed by atoms with van der Waals surface area (Å²) >= 11 is 7.11. The average molecular weight is 349 g/mol. The Morgan fingerprint density at radius 1 is 1.50 bits per heavy atom. The number of nitrogens with zero attached hydrogens (tertiary/aromatic N) is 1. The number of rotatable bonds is 2. The Kier molecular flexibility index (Phi) is 4.27. The highest BCUT2D eigenvalue weighted by atomic mass is 79.9. The van der Waals surface area contributed by atoms with E-state index >= 15 is 0 Å². The first-order chi connectivity index (χ1) is 7.70. The first-order valence-corrected chi connectivity index (χ1v) is 7.33. The summed E-state index contributed by atoms with van der Waals surface area (Å²) in [6, 6.07) is 6.51. The van der Waals surface area contributed by atoms with E-state index in [1.54, 1.807) is 0 Å². The smallest absolute Gasteiger partial charge is 0.0722 e. The summed E-state index contributed by atoms with van der Waals surface area (Å²) in [5.74, 6) is 0. The zero-order chi connectivity index (χ0) is 11.5. The van der Waals surface area contributed by atoms with Crippen LogP contribution in [0, 0.1) is 0 Å². The molecule has 0 N–H and O–H groups in total. The molecule has 1 atom stereocenters. The third kappa shape index (κ3) is 2.79. The minimum Gasteiger partial charge on any atom is -0.375 e. The van der Waals surface area contributed by atoms with Crippen molar-refractivity contribution in [1.29, 1.82) is 0 Å². The van der Waals surface area contributed by atoms with Gasteiger partial charge < -0.3 is 9.64 Å². The summed E-state index contributed by atoms with van der Waals surface area (Å²) in [5, 5.41) is 0.894. The molecule has 16 heavy (non-hydrogen) atoms. The van der Waals surface area contributed by atoms with Crippen molar-refractivity contribution in [3.05, 3.63) is 28.2 Å². The number of halogens is 2. The van der Waals surface area contributed by atoms with E-state index in [0.717, 1.165) is 25.0 Å². The van der Waals surface area contributed by atoms with E-state index in [9.17, 15) is 0 Å². The largest absolute Gasteiger partial charge is 0.375 e. The normalized spacial score (nSPS) is 21.2. The van der Waals surface area contributed by atoms with Gasteiger partial charge in [-0.15, -0.1) is 0 Å². The number of benzene rings is 1. The fourth-order valence-corrected chi connectivity index (χ4v) is 2.95. The van der Waals surface area contributed by atoms with Crippen LogP contribution in [0.4, 0.5) is 5.69 Å². The maximum absolute atomic E-state index is 5.55. The maximum atomic E-state index is 5.55. The molecule has 0 bridgehead atoms. The molecule has 0 aromatic heterocycles. The van der Waals surface area contributed by atoms with Gasteiger partial charge in [0.1, 0.15) is 0 Å². The topological polar surface area (TPSA) is 12.5 Å². The molecule has 1 aliphatic rings. The van der Waals surface area contributed by atoms with Crippen LogP contribution in [0.25, 0.3) is 0 Å². The molecule has 1 unspecified atom stereocenters. The molecule has 1 fully saturated rings. The summed E-state index contributed by atoms with van der Waals surface area (Å²) in [5.41, 5.74) is 2.55. The molecule has 0 saturated carbocycles. The Hall–Kier alpha value is -0.0600. The van der Waals surface area contributed by atoms with Crippen LogP contribution in [0.1, 0.15) is 12.5 Å². The van der Waals surface area contributed by atoms with Crippen LogP contribution in [-0.4, -0.2) is 25.8 Å². The van der Waals surface area contributed by atoms with Gasteiger partial charge in [0.05, 0.1) is 18.4 Å². The van der Waals surface area contributed by atoms with Gasteiger partial charge in [-0.25, -0.2) is 0 Å². The molecule has 1 heterocycles. The molecule has 1 saturated heterocycles. The van der Waals surface area contributed by atoms with Gasteiger partial charge in [0.2, 0.25) is 0 Å². The molecule has 1 aliphatic heterocycles. The first-order valence-electron chi connectivity index (χ1n) is 5.41. The molecular weight excluding hydrogens is 334 g/mol. The van der Waals surface area contributed by atoms with Gasteiger partial charge in [-0.3, -0.25) is 0 Å². The van der Waals surface area contributed by atoms with E-state index in [-0.39, 0.29) is 0 Å². The molecule has 1 aromatic carbocycles. The summed E-state index contributed by atoms with van der Waals surface area (Å²) in [7, 11) is 0. The molecule has 2 rings (SSSR count). The standard InChI is InChI=1S/C12H15Br2NO/c1-9-8-15(4-5-16-9)12-3-2-10(7-13)6-11(12)14/h2-3,6,9H,4-5,7-8H2,1H3. The van der Waals surface area contributed by atoms with Crippen molar-refractivity contribution in [2.24, 2.45) is 0 Å². The molecule has 0 aliphatic carbocycles. The van der Waals surface area contributed by atoms with E-state index in [1.807, 2.05) is 0 Å². The van der Waals surface area contributed by atoms with Crippen molar-refractivity contribution in [2.45, 2.75) is 18.4 Å². The Bertz CT molecular complexity index is 370. The van der Waals surface area contributed by atoms with Crippen LogP contribution in [0.3, 0.4) is 0 Å². The number of ether oxygens (including phenoxy) is 1. The lowest BCUT2D eigenvalue weighted by Crippen LogP contribution is -2.41. The highest BCUT2D eigenvalue weighted by molar-refractivity contribution is 9.10. The fraction of sp³-hybridized carbons (Fsp3) is 0.500. The minimum atomic E-state index is 0.316. The second-order valence-corrected chi connectivity index (χ2v) is 5.46. The van der Waals surface area contributed by atoms with Gasteiger partial charge in [-0.1, -0.05) is 22.0 Å². The van der Waals surface area contributed by atoms with Crippen molar-refractivity contribution in [3.8, 4) is 0 Å². The van der Waals surface area contributed by atoms with Gasteiger partial charge in [0.15, 0.2) is 0 Å². The summed E-state index contributed by atoms with van der Waals surface area (Å²) in [4.78, 5) is 2.37. The second kappa shape index (κ2) is 5.52. The van der Waals surface area contributed by atoms with Gasteiger partial charge in [-0.2, -0.15) is 0 Å². The lowest BCUT2D eigenvalue weighted by atomic mass is 10.2. The zero-order valence-electron chi connectivity index (χ0n) is 9.25. The number of hydrogen-bond donors (Lipinski definition) is 0. The minimum absolute atomic E-state index is 0.316. The molecule has 0 spiro atoms. The molecule has 0 radical (unpaired) electrons. The van der Waals surface area contributed by atoms with E-state index < -0.39 is 0 Å². The molecule has 88 valence electrons. The Morgan fingerprint density at radius 2 is 2.31 bits per heavy atom. The van der Waals surface area contributed by atoms with Gasteiger partial charge in [-0.05, 0) is 40.5 Å². The van der Waals surface area contributed by atoms with Gasteiger partial charge in [0, 0.05) is 22.9 Å². The molecule has 1 aromatic rings. The monoisotopic (exact) mass is 347 g/mol. The van der Waals surface area contributed by atoms with Gasteiger partial charge >= 0.3 is 0 Å². The van der Waals surface area contributed by atoms with E-state index in [1.165, 1.54) is 15.7 Å². The molecular formula is C12H15Br2NO. The Morgan fingerprint density at radius 3 is 2.94 bits per heavy atom. The van der Waals surface area contributed by atoms with Crippen molar-refractivity contribution < 1.29 is 4.74 Å². The molecule has 2 nitrogen and oxygen atoms in total. The van der Waals surface area contributed by atoms with Gasteiger partial charge in [0.25, 0.3) is 0 Å². The Balaban J connectivity index is 2.19. The second-order valence-electron chi connectivity index (χ2n) is 4.05. The quantitative estimate of drug-likeness (QED) is 0.757. The highest BCUT2D eigenvalue weighted by Crippen LogP contribution is 2.29.